The van der Waals surface area contributed by atoms with Crippen molar-refractivity contribution in [2.45, 2.75) is 38.6 Å². The lowest BCUT2D eigenvalue weighted by Crippen LogP contribution is -2.42. The summed E-state index contributed by atoms with van der Waals surface area (Å²) < 4.78 is 5.32. The molecule has 1 saturated heterocycles. The average Bonchev–Trinajstić information content (AvgIpc) is 2.26. The summed E-state index contributed by atoms with van der Waals surface area (Å²) in [6.45, 7) is 3.63. The van der Waals surface area contributed by atoms with Gasteiger partial charge in [0.2, 0.25) is 0 Å². The maximum absolute atomic E-state index is 5.55. The fraction of sp³-hybridized carbons (Fsp3) is 0.818. The molecule has 0 aromatic carbocycles. The fourth-order valence-electron chi connectivity index (χ4n) is 1.93. The summed E-state index contributed by atoms with van der Waals surface area (Å²) in [5, 5.41) is 0. The molecule has 80 valence electrons. The van der Waals surface area contributed by atoms with Crippen LogP contribution in [0.15, 0.2) is 0 Å². The number of nitrogens with one attached hydrogen (secondary N) is 1. The zero-order chi connectivity index (χ0) is 10.2. The molecule has 1 aliphatic rings. The van der Waals surface area contributed by atoms with Gasteiger partial charge in [0.25, 0.3) is 0 Å². The molecule has 1 rings (SSSR count). The average molecular weight is 196 g/mol. The van der Waals surface area contributed by atoms with Crippen molar-refractivity contribution in [1.29, 1.82) is 0 Å². The van der Waals surface area contributed by atoms with Crippen LogP contribution in [0.2, 0.25) is 0 Å². The molecule has 1 aliphatic heterocycles. The van der Waals surface area contributed by atoms with E-state index in [-0.39, 0.29) is 0 Å². The maximum atomic E-state index is 5.55. The smallest absolute Gasteiger partial charge is 0.0469 e. The monoisotopic (exact) mass is 196 g/mol. The Morgan fingerprint density at radius 3 is 2.79 bits per heavy atom. The van der Waals surface area contributed by atoms with Crippen molar-refractivity contribution in [3.63, 3.8) is 0 Å². The molecule has 0 radical (unpaired) electrons. The molecule has 1 atom stereocenters. The van der Waals surface area contributed by atoms with E-state index in [0.29, 0.717) is 12.0 Å². The summed E-state index contributed by atoms with van der Waals surface area (Å²) in [4.78, 5) is 0. The molecule has 0 aliphatic carbocycles. The second-order valence-corrected chi connectivity index (χ2v) is 3.69. The van der Waals surface area contributed by atoms with E-state index < -0.39 is 0 Å². The molecular formula is C11H20N2O. The van der Waals surface area contributed by atoms with Gasteiger partial charge >= 0.3 is 0 Å². The number of hydrogen-bond donors (Lipinski definition) is 2. The van der Waals surface area contributed by atoms with Crippen molar-refractivity contribution in [2.75, 3.05) is 13.2 Å². The van der Waals surface area contributed by atoms with Crippen LogP contribution in [-0.4, -0.2) is 19.3 Å². The Balaban J connectivity index is 2.30. The Morgan fingerprint density at radius 2 is 2.21 bits per heavy atom. The maximum Gasteiger partial charge on any atom is 0.0469 e. The Kier molecular flexibility index (Phi) is 5.62. The summed E-state index contributed by atoms with van der Waals surface area (Å²) in [5.41, 5.74) is 2.91. The predicted molar refractivity (Wildman–Crippen MR) is 57.3 cm³/mol. The van der Waals surface area contributed by atoms with Crippen LogP contribution in [0.5, 0.6) is 0 Å². The van der Waals surface area contributed by atoms with Gasteiger partial charge < -0.3 is 4.74 Å². The lowest BCUT2D eigenvalue weighted by molar-refractivity contribution is 0.0528. The van der Waals surface area contributed by atoms with Gasteiger partial charge in [-0.05, 0) is 32.1 Å². The highest BCUT2D eigenvalue weighted by atomic mass is 16.5. The van der Waals surface area contributed by atoms with E-state index in [9.17, 15) is 0 Å². The lowest BCUT2D eigenvalue weighted by atomic mass is 9.89. The molecule has 3 N–H and O–H groups in total. The predicted octanol–water partition coefficient (Wildman–Crippen LogP) is 1.05. The van der Waals surface area contributed by atoms with Crippen LogP contribution in [0.25, 0.3) is 0 Å². The third-order valence-corrected chi connectivity index (χ3v) is 2.81. The molecule has 0 aromatic rings. The van der Waals surface area contributed by atoms with Crippen LogP contribution in [0.3, 0.4) is 0 Å². The zero-order valence-electron chi connectivity index (χ0n) is 8.88. The van der Waals surface area contributed by atoms with E-state index >= 15 is 0 Å². The highest BCUT2D eigenvalue weighted by molar-refractivity contribution is 4.96. The summed E-state index contributed by atoms with van der Waals surface area (Å²) in [5.74, 6) is 12.2. The van der Waals surface area contributed by atoms with Crippen LogP contribution in [0.1, 0.15) is 32.6 Å². The molecule has 14 heavy (non-hydrogen) atoms. The van der Waals surface area contributed by atoms with Crippen molar-refractivity contribution in [3.05, 3.63) is 0 Å². The summed E-state index contributed by atoms with van der Waals surface area (Å²) in [6.07, 6.45) is 4.22. The number of hydrazine groups is 1. The lowest BCUT2D eigenvalue weighted by Gasteiger charge is -2.29. The topological polar surface area (TPSA) is 47.3 Å². The largest absolute Gasteiger partial charge is 0.381 e. The number of nitrogens with two attached hydrogens (primary N) is 1. The first-order valence-corrected chi connectivity index (χ1v) is 5.32. The van der Waals surface area contributed by atoms with Crippen LogP contribution in [0.4, 0.5) is 0 Å². The van der Waals surface area contributed by atoms with Crippen molar-refractivity contribution in [2.24, 2.45) is 11.8 Å². The van der Waals surface area contributed by atoms with Gasteiger partial charge in [-0.25, -0.2) is 0 Å². The van der Waals surface area contributed by atoms with Crippen LogP contribution >= 0.6 is 0 Å². The van der Waals surface area contributed by atoms with E-state index in [1.807, 2.05) is 6.92 Å². The first kappa shape index (κ1) is 11.5. The molecule has 0 spiro atoms. The van der Waals surface area contributed by atoms with Gasteiger partial charge in [0, 0.05) is 25.7 Å². The molecule has 0 saturated carbocycles. The number of hydrogen-bond acceptors (Lipinski definition) is 3. The van der Waals surface area contributed by atoms with Crippen molar-refractivity contribution >= 4 is 0 Å². The van der Waals surface area contributed by atoms with Gasteiger partial charge in [-0.3, -0.25) is 11.3 Å². The number of rotatable bonds is 4. The molecule has 0 amide bonds. The van der Waals surface area contributed by atoms with Gasteiger partial charge in [-0.15, -0.1) is 11.8 Å². The van der Waals surface area contributed by atoms with Crippen LogP contribution in [-0.2, 0) is 4.74 Å². The molecule has 1 fully saturated rings. The highest BCUT2D eigenvalue weighted by Gasteiger charge is 2.22. The Morgan fingerprint density at radius 1 is 1.50 bits per heavy atom. The van der Waals surface area contributed by atoms with E-state index in [4.69, 9.17) is 10.6 Å². The van der Waals surface area contributed by atoms with Crippen molar-refractivity contribution in [3.8, 4) is 11.8 Å². The molecular weight excluding hydrogens is 176 g/mol. The third-order valence-electron chi connectivity index (χ3n) is 2.81. The Labute approximate surface area is 86.4 Å². The Hall–Kier alpha value is -0.560. The van der Waals surface area contributed by atoms with Gasteiger partial charge in [0.1, 0.15) is 0 Å². The molecule has 3 heteroatoms. The second kappa shape index (κ2) is 6.83. The minimum Gasteiger partial charge on any atom is -0.381 e. The Bertz CT molecular complexity index is 201. The van der Waals surface area contributed by atoms with Gasteiger partial charge in [-0.1, -0.05) is 0 Å². The normalized spacial score (nSPS) is 19.9. The summed E-state index contributed by atoms with van der Waals surface area (Å²) in [6, 6.07) is 0.403. The second-order valence-electron chi connectivity index (χ2n) is 3.69. The van der Waals surface area contributed by atoms with Crippen LogP contribution < -0.4 is 11.3 Å². The summed E-state index contributed by atoms with van der Waals surface area (Å²) >= 11 is 0. The standard InChI is InChI=1S/C11H20N2O/c1-2-3-4-5-11(13-12)10-6-8-14-9-7-10/h10-11,13H,4-9,12H2,1H3. The van der Waals surface area contributed by atoms with Gasteiger partial charge in [-0.2, -0.15) is 0 Å². The van der Waals surface area contributed by atoms with Crippen LogP contribution in [0, 0.1) is 17.8 Å². The first-order valence-electron chi connectivity index (χ1n) is 5.32. The molecule has 0 bridgehead atoms. The molecule has 3 nitrogen and oxygen atoms in total. The quantitative estimate of drug-likeness (QED) is 0.401. The highest BCUT2D eigenvalue weighted by Crippen LogP contribution is 2.20. The zero-order valence-corrected chi connectivity index (χ0v) is 8.88. The van der Waals surface area contributed by atoms with E-state index in [1.165, 1.54) is 0 Å². The van der Waals surface area contributed by atoms with E-state index in [1.54, 1.807) is 0 Å². The molecule has 1 unspecified atom stereocenters. The number of ether oxygens (including phenoxy) is 1. The molecule has 1 heterocycles. The van der Waals surface area contributed by atoms with Gasteiger partial charge in [0.05, 0.1) is 0 Å². The van der Waals surface area contributed by atoms with Crippen molar-refractivity contribution < 1.29 is 4.74 Å². The van der Waals surface area contributed by atoms with E-state index in [0.717, 1.165) is 38.9 Å². The van der Waals surface area contributed by atoms with Crippen molar-refractivity contribution in [1.82, 2.24) is 5.43 Å². The fourth-order valence-corrected chi connectivity index (χ4v) is 1.93. The van der Waals surface area contributed by atoms with Gasteiger partial charge in [0.15, 0.2) is 0 Å². The van der Waals surface area contributed by atoms with E-state index in [2.05, 4.69) is 17.3 Å². The first-order chi connectivity index (χ1) is 6.88. The molecule has 0 aromatic heterocycles. The SMILES string of the molecule is CC#CCCC(NN)C1CCOCC1. The minimum atomic E-state index is 0.403. The minimum absolute atomic E-state index is 0.403. The summed E-state index contributed by atoms with van der Waals surface area (Å²) in [7, 11) is 0. The third kappa shape index (κ3) is 3.67.